The molecule has 0 unspecified atom stereocenters. The summed E-state index contributed by atoms with van der Waals surface area (Å²) in [6, 6.07) is 19.9. The minimum Gasteiger partial charge on any atom is -0.378 e. The molecule has 0 saturated carbocycles. The molecule has 0 aromatic heterocycles. The standard InChI is InChI=1S/C23H19N3O4S/c27-23(17-15-16(26(28)29)9-10-18(17)24-11-13-30-14-12-24)25-19-5-1-3-7-21(19)31-22-8-4-2-6-20(22)25/h1-10,15H,11-14H2. The van der Waals surface area contributed by atoms with Crippen LogP contribution in [0.5, 0.6) is 0 Å². The molecular formula is C23H19N3O4S. The van der Waals surface area contributed by atoms with Crippen LogP contribution in [0, 0.1) is 10.1 Å². The van der Waals surface area contributed by atoms with Gasteiger partial charge >= 0.3 is 0 Å². The number of hydrogen-bond acceptors (Lipinski definition) is 6. The predicted molar refractivity (Wildman–Crippen MR) is 120 cm³/mol. The van der Waals surface area contributed by atoms with Crippen LogP contribution in [-0.2, 0) is 4.74 Å². The quantitative estimate of drug-likeness (QED) is 0.433. The largest absolute Gasteiger partial charge is 0.378 e. The SMILES string of the molecule is O=C(c1cc([N+](=O)[O-])ccc1N1CCOCC1)N1c2ccccc2Sc2ccccc21. The van der Waals surface area contributed by atoms with E-state index in [1.54, 1.807) is 22.7 Å². The number of fused-ring (bicyclic) bond motifs is 2. The molecule has 1 fully saturated rings. The molecule has 0 atom stereocenters. The topological polar surface area (TPSA) is 75.9 Å². The normalized spacial score (nSPS) is 15.2. The fourth-order valence-corrected chi connectivity index (χ4v) is 4.99. The van der Waals surface area contributed by atoms with Crippen LogP contribution in [0.3, 0.4) is 0 Å². The minimum absolute atomic E-state index is 0.103. The zero-order valence-corrected chi connectivity index (χ0v) is 17.4. The molecule has 7 nitrogen and oxygen atoms in total. The summed E-state index contributed by atoms with van der Waals surface area (Å²) in [4.78, 5) is 30.7. The van der Waals surface area contributed by atoms with E-state index < -0.39 is 4.92 Å². The Labute approximate surface area is 183 Å². The summed E-state index contributed by atoms with van der Waals surface area (Å²) >= 11 is 1.61. The van der Waals surface area contributed by atoms with Gasteiger partial charge in [-0.3, -0.25) is 19.8 Å². The van der Waals surface area contributed by atoms with Crippen LogP contribution in [0.2, 0.25) is 0 Å². The van der Waals surface area contributed by atoms with Crippen molar-refractivity contribution in [3.8, 4) is 0 Å². The van der Waals surface area contributed by atoms with E-state index in [1.165, 1.54) is 12.1 Å². The van der Waals surface area contributed by atoms with Gasteiger partial charge in [0.1, 0.15) is 0 Å². The average molecular weight is 433 g/mol. The number of para-hydroxylation sites is 2. The number of anilines is 3. The lowest BCUT2D eigenvalue weighted by Gasteiger charge is -2.34. The first-order valence-electron chi connectivity index (χ1n) is 9.95. The van der Waals surface area contributed by atoms with Gasteiger partial charge in [0.25, 0.3) is 11.6 Å². The number of ether oxygens (including phenoxy) is 1. The second kappa shape index (κ2) is 8.05. The van der Waals surface area contributed by atoms with Gasteiger partial charge in [-0.25, -0.2) is 0 Å². The number of amides is 1. The van der Waals surface area contributed by atoms with Crippen molar-refractivity contribution in [3.05, 3.63) is 82.4 Å². The number of benzene rings is 3. The average Bonchev–Trinajstić information content (AvgIpc) is 2.82. The van der Waals surface area contributed by atoms with Gasteiger partial charge in [0, 0.05) is 35.0 Å². The van der Waals surface area contributed by atoms with E-state index in [4.69, 9.17) is 4.74 Å². The van der Waals surface area contributed by atoms with Crippen LogP contribution in [0.1, 0.15) is 10.4 Å². The van der Waals surface area contributed by atoms with Crippen molar-refractivity contribution in [3.63, 3.8) is 0 Å². The molecule has 2 aliphatic heterocycles. The zero-order chi connectivity index (χ0) is 21.4. The van der Waals surface area contributed by atoms with Crippen molar-refractivity contribution >= 4 is 40.4 Å². The van der Waals surface area contributed by atoms with Gasteiger partial charge < -0.3 is 9.64 Å². The maximum atomic E-state index is 14.0. The molecule has 3 aromatic rings. The molecule has 0 bridgehead atoms. The van der Waals surface area contributed by atoms with Crippen molar-refractivity contribution < 1.29 is 14.5 Å². The molecule has 1 amide bonds. The lowest BCUT2D eigenvalue weighted by atomic mass is 10.1. The Bertz CT molecular complexity index is 1130. The Hall–Kier alpha value is -3.36. The molecular weight excluding hydrogens is 414 g/mol. The smallest absolute Gasteiger partial charge is 0.270 e. The second-order valence-electron chi connectivity index (χ2n) is 7.24. The number of nitro groups is 1. The Morgan fingerprint density at radius 2 is 1.52 bits per heavy atom. The molecule has 0 radical (unpaired) electrons. The molecule has 0 spiro atoms. The Morgan fingerprint density at radius 3 is 2.13 bits per heavy atom. The van der Waals surface area contributed by atoms with Crippen LogP contribution in [0.4, 0.5) is 22.7 Å². The fraction of sp³-hybridized carbons (Fsp3) is 0.174. The number of rotatable bonds is 3. The predicted octanol–water partition coefficient (Wildman–Crippen LogP) is 4.87. The summed E-state index contributed by atoms with van der Waals surface area (Å²) in [5.41, 5.74) is 2.44. The first kappa shape index (κ1) is 19.6. The van der Waals surface area contributed by atoms with Crippen LogP contribution in [0.15, 0.2) is 76.5 Å². The van der Waals surface area contributed by atoms with Gasteiger partial charge in [-0.2, -0.15) is 0 Å². The number of nitro benzene ring substituents is 1. The third-order valence-electron chi connectivity index (χ3n) is 5.41. The Balaban J connectivity index is 1.67. The van der Waals surface area contributed by atoms with E-state index in [0.717, 1.165) is 21.2 Å². The summed E-state index contributed by atoms with van der Waals surface area (Å²) in [5.74, 6) is -0.287. The summed E-state index contributed by atoms with van der Waals surface area (Å²) in [7, 11) is 0. The van der Waals surface area contributed by atoms with Gasteiger partial charge in [0.15, 0.2) is 0 Å². The molecule has 5 rings (SSSR count). The van der Waals surface area contributed by atoms with Gasteiger partial charge in [-0.15, -0.1) is 0 Å². The molecule has 8 heteroatoms. The zero-order valence-electron chi connectivity index (χ0n) is 16.6. The minimum atomic E-state index is -0.464. The maximum absolute atomic E-state index is 14.0. The highest BCUT2D eigenvalue weighted by Gasteiger charge is 2.32. The highest BCUT2D eigenvalue weighted by atomic mass is 32.2. The van der Waals surface area contributed by atoms with Crippen molar-refractivity contribution in [2.24, 2.45) is 0 Å². The third-order valence-corrected chi connectivity index (χ3v) is 6.54. The van der Waals surface area contributed by atoms with E-state index in [9.17, 15) is 14.9 Å². The molecule has 0 aliphatic carbocycles. The number of nitrogens with zero attached hydrogens (tertiary/aromatic N) is 3. The highest BCUT2D eigenvalue weighted by molar-refractivity contribution is 7.99. The molecule has 2 aliphatic rings. The van der Waals surface area contributed by atoms with E-state index in [0.29, 0.717) is 37.6 Å². The van der Waals surface area contributed by atoms with Crippen molar-refractivity contribution in [2.45, 2.75) is 9.79 Å². The Morgan fingerprint density at radius 1 is 0.903 bits per heavy atom. The molecule has 156 valence electrons. The summed E-state index contributed by atoms with van der Waals surface area (Å²) < 4.78 is 5.44. The first-order valence-corrected chi connectivity index (χ1v) is 10.8. The van der Waals surface area contributed by atoms with Crippen molar-refractivity contribution in [2.75, 3.05) is 36.1 Å². The lowest BCUT2D eigenvalue weighted by molar-refractivity contribution is -0.384. The van der Waals surface area contributed by atoms with Gasteiger partial charge in [0.05, 0.1) is 40.8 Å². The lowest BCUT2D eigenvalue weighted by Crippen LogP contribution is -2.38. The van der Waals surface area contributed by atoms with E-state index in [-0.39, 0.29) is 11.6 Å². The van der Waals surface area contributed by atoms with E-state index >= 15 is 0 Å². The van der Waals surface area contributed by atoms with Gasteiger partial charge in [-0.05, 0) is 30.3 Å². The number of morpholine rings is 1. The van der Waals surface area contributed by atoms with Crippen LogP contribution in [-0.4, -0.2) is 37.1 Å². The first-order chi connectivity index (χ1) is 15.1. The van der Waals surface area contributed by atoms with E-state index in [1.807, 2.05) is 48.5 Å². The molecule has 2 heterocycles. The highest BCUT2D eigenvalue weighted by Crippen LogP contribution is 2.48. The number of carbonyl (C=O) groups is 1. The monoisotopic (exact) mass is 433 g/mol. The summed E-state index contributed by atoms with van der Waals surface area (Å²) in [6.07, 6.45) is 0. The fourth-order valence-electron chi connectivity index (χ4n) is 3.93. The maximum Gasteiger partial charge on any atom is 0.270 e. The van der Waals surface area contributed by atoms with Crippen LogP contribution in [0.25, 0.3) is 0 Å². The molecule has 1 saturated heterocycles. The molecule has 0 N–H and O–H groups in total. The third kappa shape index (κ3) is 3.54. The molecule has 3 aromatic carbocycles. The van der Waals surface area contributed by atoms with E-state index in [2.05, 4.69) is 4.90 Å². The van der Waals surface area contributed by atoms with Crippen molar-refractivity contribution in [1.29, 1.82) is 0 Å². The van der Waals surface area contributed by atoms with Gasteiger partial charge in [-0.1, -0.05) is 36.0 Å². The van der Waals surface area contributed by atoms with Crippen LogP contribution >= 0.6 is 11.8 Å². The Kier molecular flexibility index (Phi) is 5.09. The van der Waals surface area contributed by atoms with Crippen molar-refractivity contribution in [1.82, 2.24) is 0 Å². The number of non-ortho nitro benzene ring substituents is 1. The molecule has 31 heavy (non-hydrogen) atoms. The van der Waals surface area contributed by atoms with Gasteiger partial charge in [0.2, 0.25) is 0 Å². The summed E-state index contributed by atoms with van der Waals surface area (Å²) in [5, 5.41) is 11.5. The van der Waals surface area contributed by atoms with Crippen LogP contribution < -0.4 is 9.80 Å². The second-order valence-corrected chi connectivity index (χ2v) is 8.32. The number of hydrogen-bond donors (Lipinski definition) is 0. The summed E-state index contributed by atoms with van der Waals surface area (Å²) in [6.45, 7) is 2.36. The number of carbonyl (C=O) groups excluding carboxylic acids is 1.